The summed E-state index contributed by atoms with van der Waals surface area (Å²) in [7, 11) is 0. The molecule has 0 aliphatic rings. The van der Waals surface area contributed by atoms with Gasteiger partial charge in [-0.15, -0.1) is 0 Å². The number of amides is 1. The van der Waals surface area contributed by atoms with Crippen LogP contribution in [-0.2, 0) is 13.1 Å². The molecule has 4 heteroatoms. The van der Waals surface area contributed by atoms with Crippen molar-refractivity contribution in [3.05, 3.63) is 53.3 Å². The molecular weight excluding hydrogens is 250 g/mol. The van der Waals surface area contributed by atoms with Crippen molar-refractivity contribution in [2.75, 3.05) is 5.73 Å². The van der Waals surface area contributed by atoms with Gasteiger partial charge in [-0.1, -0.05) is 31.2 Å². The number of anilines is 1. The molecule has 1 heterocycles. The van der Waals surface area contributed by atoms with Crippen molar-refractivity contribution in [3.8, 4) is 0 Å². The zero-order valence-electron chi connectivity index (χ0n) is 12.0. The molecule has 0 bridgehead atoms. The highest BCUT2D eigenvalue weighted by Gasteiger charge is 2.12. The lowest BCUT2D eigenvalue weighted by molar-refractivity contribution is 0.0941. The number of carbonyl (C=O) groups is 1. The fourth-order valence-corrected chi connectivity index (χ4v) is 2.22. The van der Waals surface area contributed by atoms with Gasteiger partial charge < -0.3 is 15.6 Å². The van der Waals surface area contributed by atoms with E-state index in [0.29, 0.717) is 17.9 Å². The molecule has 0 fully saturated rings. The van der Waals surface area contributed by atoms with Crippen molar-refractivity contribution in [2.24, 2.45) is 0 Å². The molecule has 2 aromatic rings. The van der Waals surface area contributed by atoms with Crippen LogP contribution in [0.3, 0.4) is 0 Å². The molecule has 106 valence electrons. The monoisotopic (exact) mass is 271 g/mol. The summed E-state index contributed by atoms with van der Waals surface area (Å²) in [5.41, 5.74) is 9.33. The predicted octanol–water partition coefficient (Wildman–Crippen LogP) is 2.72. The van der Waals surface area contributed by atoms with Crippen molar-refractivity contribution < 1.29 is 4.79 Å². The molecular formula is C16H21N3O. The van der Waals surface area contributed by atoms with Crippen LogP contribution < -0.4 is 11.1 Å². The van der Waals surface area contributed by atoms with Crippen molar-refractivity contribution >= 4 is 11.6 Å². The lowest BCUT2D eigenvalue weighted by Crippen LogP contribution is -2.25. The van der Waals surface area contributed by atoms with Gasteiger partial charge in [0.2, 0.25) is 0 Å². The van der Waals surface area contributed by atoms with Crippen LogP contribution in [0, 0.1) is 6.92 Å². The number of nitrogens with zero attached hydrogens (tertiary/aromatic N) is 1. The number of hydrogen-bond donors (Lipinski definition) is 2. The van der Waals surface area contributed by atoms with Gasteiger partial charge in [0.25, 0.3) is 5.91 Å². The van der Waals surface area contributed by atoms with Gasteiger partial charge >= 0.3 is 0 Å². The summed E-state index contributed by atoms with van der Waals surface area (Å²) >= 11 is 0. The number of carbonyl (C=O) groups excluding carboxylic acids is 1. The fraction of sp³-hybridized carbons (Fsp3) is 0.312. The maximum absolute atomic E-state index is 12.3. The van der Waals surface area contributed by atoms with E-state index in [4.69, 9.17) is 5.73 Å². The Kier molecular flexibility index (Phi) is 4.45. The molecule has 1 aromatic carbocycles. The normalized spacial score (nSPS) is 10.5. The molecule has 0 aliphatic heterocycles. The summed E-state index contributed by atoms with van der Waals surface area (Å²) in [4.78, 5) is 12.3. The summed E-state index contributed by atoms with van der Waals surface area (Å²) in [6.07, 6.45) is 2.78. The second-order valence-corrected chi connectivity index (χ2v) is 4.96. The van der Waals surface area contributed by atoms with Gasteiger partial charge in [-0.05, 0) is 30.5 Å². The fourth-order valence-electron chi connectivity index (χ4n) is 2.22. The molecule has 1 amide bonds. The van der Waals surface area contributed by atoms with Crippen molar-refractivity contribution in [1.82, 2.24) is 9.88 Å². The number of hydrogen-bond acceptors (Lipinski definition) is 2. The first-order valence-corrected chi connectivity index (χ1v) is 6.90. The van der Waals surface area contributed by atoms with Crippen molar-refractivity contribution in [3.63, 3.8) is 0 Å². The maximum atomic E-state index is 12.3. The average Bonchev–Trinajstić information content (AvgIpc) is 2.79. The van der Waals surface area contributed by atoms with Gasteiger partial charge in [-0.2, -0.15) is 0 Å². The largest absolute Gasteiger partial charge is 0.397 e. The van der Waals surface area contributed by atoms with Gasteiger partial charge in [0.1, 0.15) is 5.69 Å². The first-order chi connectivity index (χ1) is 9.61. The number of rotatable bonds is 5. The smallest absolute Gasteiger partial charge is 0.268 e. The molecule has 0 unspecified atom stereocenters. The Balaban J connectivity index is 2.07. The second kappa shape index (κ2) is 6.28. The van der Waals surface area contributed by atoms with Gasteiger partial charge in [0, 0.05) is 19.3 Å². The highest BCUT2D eigenvalue weighted by molar-refractivity contribution is 5.93. The number of nitrogens with two attached hydrogens (primary N) is 1. The quantitative estimate of drug-likeness (QED) is 0.878. The Morgan fingerprint density at radius 2 is 2.10 bits per heavy atom. The standard InChI is InChI=1S/C16H21N3O/c1-3-8-19-11-14(17)9-15(19)16(20)18-10-13-7-5-4-6-12(13)2/h4-7,9,11H,3,8,10,17H2,1-2H3,(H,18,20). The second-order valence-electron chi connectivity index (χ2n) is 4.96. The van der Waals surface area contributed by atoms with E-state index in [1.165, 1.54) is 5.56 Å². The molecule has 0 aliphatic carbocycles. The summed E-state index contributed by atoms with van der Waals surface area (Å²) in [6, 6.07) is 9.76. The first kappa shape index (κ1) is 14.2. The molecule has 20 heavy (non-hydrogen) atoms. The summed E-state index contributed by atoms with van der Waals surface area (Å²) < 4.78 is 1.91. The van der Waals surface area contributed by atoms with Gasteiger partial charge in [0.05, 0.1) is 5.69 Å². The Morgan fingerprint density at radius 1 is 1.35 bits per heavy atom. The topological polar surface area (TPSA) is 60.0 Å². The molecule has 3 N–H and O–H groups in total. The minimum Gasteiger partial charge on any atom is -0.397 e. The molecule has 0 saturated carbocycles. The van der Waals surface area contributed by atoms with E-state index < -0.39 is 0 Å². The minimum absolute atomic E-state index is 0.0848. The molecule has 0 radical (unpaired) electrons. The van der Waals surface area contributed by atoms with Crippen LogP contribution in [0.15, 0.2) is 36.5 Å². The van der Waals surface area contributed by atoms with Crippen LogP contribution in [-0.4, -0.2) is 10.5 Å². The van der Waals surface area contributed by atoms with Crippen LogP contribution in [0.25, 0.3) is 0 Å². The lowest BCUT2D eigenvalue weighted by atomic mass is 10.1. The van der Waals surface area contributed by atoms with E-state index in [2.05, 4.69) is 12.2 Å². The Bertz CT molecular complexity index is 602. The van der Waals surface area contributed by atoms with E-state index in [0.717, 1.165) is 18.5 Å². The van der Waals surface area contributed by atoms with Crippen molar-refractivity contribution in [1.29, 1.82) is 0 Å². The highest BCUT2D eigenvalue weighted by Crippen LogP contribution is 2.12. The van der Waals surface area contributed by atoms with Crippen molar-refractivity contribution in [2.45, 2.75) is 33.4 Å². The summed E-state index contributed by atoms with van der Waals surface area (Å²) in [5, 5.41) is 2.95. The molecule has 1 aromatic heterocycles. The number of nitrogen functional groups attached to an aromatic ring is 1. The van der Waals surface area contributed by atoms with E-state index in [-0.39, 0.29) is 5.91 Å². The van der Waals surface area contributed by atoms with E-state index in [9.17, 15) is 4.79 Å². The number of aromatic nitrogens is 1. The number of nitrogens with one attached hydrogen (secondary N) is 1. The predicted molar refractivity (Wildman–Crippen MR) is 81.5 cm³/mol. The molecule has 0 saturated heterocycles. The SMILES string of the molecule is CCCn1cc(N)cc1C(=O)NCc1ccccc1C. The maximum Gasteiger partial charge on any atom is 0.268 e. The van der Waals surface area contributed by atoms with Gasteiger partial charge in [-0.3, -0.25) is 4.79 Å². The number of benzene rings is 1. The average molecular weight is 271 g/mol. The van der Waals surface area contributed by atoms with Gasteiger partial charge in [-0.25, -0.2) is 0 Å². The molecule has 0 atom stereocenters. The zero-order valence-corrected chi connectivity index (χ0v) is 12.0. The molecule has 4 nitrogen and oxygen atoms in total. The van der Waals surface area contributed by atoms with Crippen LogP contribution in [0.4, 0.5) is 5.69 Å². The van der Waals surface area contributed by atoms with E-state index in [1.807, 2.05) is 42.0 Å². The Morgan fingerprint density at radius 3 is 2.80 bits per heavy atom. The summed E-state index contributed by atoms with van der Waals surface area (Å²) in [5.74, 6) is -0.0848. The Hall–Kier alpha value is -2.23. The third-order valence-corrected chi connectivity index (χ3v) is 3.32. The lowest BCUT2D eigenvalue weighted by Gasteiger charge is -2.10. The highest BCUT2D eigenvalue weighted by atomic mass is 16.1. The minimum atomic E-state index is -0.0848. The van der Waals surface area contributed by atoms with Crippen LogP contribution >= 0.6 is 0 Å². The third kappa shape index (κ3) is 3.20. The first-order valence-electron chi connectivity index (χ1n) is 6.90. The Labute approximate surface area is 119 Å². The molecule has 2 rings (SSSR count). The molecule has 0 spiro atoms. The van der Waals surface area contributed by atoms with E-state index >= 15 is 0 Å². The van der Waals surface area contributed by atoms with Crippen LogP contribution in [0.5, 0.6) is 0 Å². The third-order valence-electron chi connectivity index (χ3n) is 3.32. The zero-order chi connectivity index (χ0) is 14.5. The van der Waals surface area contributed by atoms with Gasteiger partial charge in [0.15, 0.2) is 0 Å². The summed E-state index contributed by atoms with van der Waals surface area (Å²) in [6.45, 7) is 5.44. The van der Waals surface area contributed by atoms with Crippen LogP contribution in [0.2, 0.25) is 0 Å². The van der Waals surface area contributed by atoms with Crippen LogP contribution in [0.1, 0.15) is 35.0 Å². The van der Waals surface area contributed by atoms with E-state index in [1.54, 1.807) is 6.07 Å². The number of aryl methyl sites for hydroxylation is 2.